The molecule has 2 aliphatic rings. The van der Waals surface area contributed by atoms with Crippen molar-refractivity contribution < 1.29 is 4.79 Å². The van der Waals surface area contributed by atoms with Crippen molar-refractivity contribution >= 4 is 12.1 Å². The maximum atomic E-state index is 11.2. The molecule has 1 heterocycles. The monoisotopic (exact) mass is 319 g/mol. The molecule has 1 saturated carbocycles. The van der Waals surface area contributed by atoms with Gasteiger partial charge < -0.3 is 4.90 Å². The van der Waals surface area contributed by atoms with E-state index in [9.17, 15) is 4.79 Å². The van der Waals surface area contributed by atoms with Crippen molar-refractivity contribution in [2.24, 2.45) is 0 Å². The molecule has 1 aliphatic heterocycles. The maximum Gasteiger partial charge on any atom is 0.214 e. The zero-order valence-corrected chi connectivity index (χ0v) is 14.2. The molecule has 0 aromatic heterocycles. The summed E-state index contributed by atoms with van der Waals surface area (Å²) >= 11 is 0. The lowest BCUT2D eigenvalue weighted by atomic mass is 9.83. The Morgan fingerprint density at radius 3 is 2.38 bits per heavy atom. The number of amides is 1. The van der Waals surface area contributed by atoms with Crippen LogP contribution in [0, 0.1) is 0 Å². The molecule has 2 heteroatoms. The van der Waals surface area contributed by atoms with Crippen molar-refractivity contribution in [1.82, 2.24) is 0 Å². The summed E-state index contributed by atoms with van der Waals surface area (Å²) in [5.74, 6) is 0.762. The van der Waals surface area contributed by atoms with Gasteiger partial charge in [-0.2, -0.15) is 0 Å². The average Bonchev–Trinajstić information content (AvgIpc) is 2.68. The number of rotatable bonds is 3. The Morgan fingerprint density at radius 2 is 1.62 bits per heavy atom. The second-order valence-electron chi connectivity index (χ2n) is 7.20. The summed E-state index contributed by atoms with van der Waals surface area (Å²) in [6.45, 7) is 0.839. The van der Waals surface area contributed by atoms with Gasteiger partial charge in [0.15, 0.2) is 0 Å². The van der Waals surface area contributed by atoms with Crippen LogP contribution in [-0.2, 0) is 11.2 Å². The lowest BCUT2D eigenvalue weighted by Gasteiger charge is -2.26. The molecule has 1 aliphatic carbocycles. The molecule has 4 rings (SSSR count). The van der Waals surface area contributed by atoms with Crippen molar-refractivity contribution in [1.29, 1.82) is 0 Å². The fraction of sp³-hybridized carbons (Fsp3) is 0.409. The minimum atomic E-state index is 0.762. The number of carbonyl (C=O) groups excluding carboxylic acids is 1. The van der Waals surface area contributed by atoms with E-state index in [-0.39, 0.29) is 0 Å². The summed E-state index contributed by atoms with van der Waals surface area (Å²) in [6, 6.07) is 15.7. The van der Waals surface area contributed by atoms with Gasteiger partial charge in [-0.3, -0.25) is 4.79 Å². The van der Waals surface area contributed by atoms with Gasteiger partial charge in [-0.1, -0.05) is 49.6 Å². The number of carbonyl (C=O) groups is 1. The van der Waals surface area contributed by atoms with E-state index in [1.165, 1.54) is 54.4 Å². The minimum Gasteiger partial charge on any atom is -0.315 e. The van der Waals surface area contributed by atoms with Crippen molar-refractivity contribution in [3.63, 3.8) is 0 Å². The van der Waals surface area contributed by atoms with E-state index in [2.05, 4.69) is 42.5 Å². The first-order valence-electron chi connectivity index (χ1n) is 9.30. The van der Waals surface area contributed by atoms with E-state index in [1.54, 1.807) is 0 Å². The van der Waals surface area contributed by atoms with Gasteiger partial charge in [0.1, 0.15) is 0 Å². The standard InChI is InChI=1S/C22H25NO/c24-16-23-14-4-7-21-15-20(12-13-22(21)23)19-10-8-18(9-11-19)17-5-2-1-3-6-17/h8-13,15-17H,1-7,14H2. The number of hydrogen-bond acceptors (Lipinski definition) is 1. The van der Waals surface area contributed by atoms with E-state index in [1.807, 2.05) is 4.90 Å². The van der Waals surface area contributed by atoms with Crippen molar-refractivity contribution in [2.75, 3.05) is 11.4 Å². The number of anilines is 1. The van der Waals surface area contributed by atoms with Crippen molar-refractivity contribution in [2.45, 2.75) is 50.9 Å². The molecule has 0 atom stereocenters. The van der Waals surface area contributed by atoms with Crippen molar-refractivity contribution in [3.05, 3.63) is 53.6 Å². The topological polar surface area (TPSA) is 20.3 Å². The SMILES string of the molecule is O=CN1CCCc2cc(-c3ccc(C4CCCCC4)cc3)ccc21. The average molecular weight is 319 g/mol. The first kappa shape index (κ1) is 15.4. The largest absolute Gasteiger partial charge is 0.315 e. The summed E-state index contributed by atoms with van der Waals surface area (Å²) in [5.41, 5.74) is 6.42. The Labute approximate surface area is 144 Å². The molecule has 1 amide bonds. The normalized spacial score (nSPS) is 18.2. The number of aryl methyl sites for hydroxylation is 1. The summed E-state index contributed by atoms with van der Waals surface area (Å²) in [4.78, 5) is 13.0. The molecule has 124 valence electrons. The lowest BCUT2D eigenvalue weighted by Crippen LogP contribution is -2.27. The predicted octanol–water partition coefficient (Wildman–Crippen LogP) is 5.31. The van der Waals surface area contributed by atoms with Crippen LogP contribution in [0.5, 0.6) is 0 Å². The van der Waals surface area contributed by atoms with Gasteiger partial charge in [-0.15, -0.1) is 0 Å². The third-order valence-electron chi connectivity index (χ3n) is 5.68. The van der Waals surface area contributed by atoms with Gasteiger partial charge in [0.05, 0.1) is 0 Å². The van der Waals surface area contributed by atoms with Gasteiger partial charge in [0.25, 0.3) is 0 Å². The third-order valence-corrected chi connectivity index (χ3v) is 5.68. The second-order valence-corrected chi connectivity index (χ2v) is 7.20. The predicted molar refractivity (Wildman–Crippen MR) is 99.4 cm³/mol. The van der Waals surface area contributed by atoms with E-state index in [0.29, 0.717) is 0 Å². The second kappa shape index (κ2) is 6.80. The van der Waals surface area contributed by atoms with Gasteiger partial charge >= 0.3 is 0 Å². The molecule has 0 N–H and O–H groups in total. The Morgan fingerprint density at radius 1 is 0.875 bits per heavy atom. The van der Waals surface area contributed by atoms with Crippen LogP contribution in [0.1, 0.15) is 55.6 Å². The summed E-state index contributed by atoms with van der Waals surface area (Å²) in [6.07, 6.45) is 9.93. The van der Waals surface area contributed by atoms with Crippen LogP contribution in [-0.4, -0.2) is 13.0 Å². The van der Waals surface area contributed by atoms with Crippen LogP contribution in [0.4, 0.5) is 5.69 Å². The highest BCUT2D eigenvalue weighted by Gasteiger charge is 2.17. The first-order valence-corrected chi connectivity index (χ1v) is 9.30. The third kappa shape index (κ3) is 2.98. The van der Waals surface area contributed by atoms with Gasteiger partial charge in [0, 0.05) is 12.2 Å². The quantitative estimate of drug-likeness (QED) is 0.702. The number of fused-ring (bicyclic) bond motifs is 1. The Hall–Kier alpha value is -2.09. The zero-order valence-electron chi connectivity index (χ0n) is 14.2. The van der Waals surface area contributed by atoms with Gasteiger partial charge in [-0.05, 0) is 66.0 Å². The number of hydrogen-bond donors (Lipinski definition) is 0. The molecule has 2 nitrogen and oxygen atoms in total. The van der Waals surface area contributed by atoms with E-state index in [0.717, 1.165) is 37.4 Å². The summed E-state index contributed by atoms with van der Waals surface area (Å²) in [7, 11) is 0. The molecule has 0 bridgehead atoms. The summed E-state index contributed by atoms with van der Waals surface area (Å²) in [5, 5.41) is 0. The Bertz CT molecular complexity index is 713. The Kier molecular flexibility index (Phi) is 4.38. The highest BCUT2D eigenvalue weighted by Crippen LogP contribution is 2.35. The Balaban J connectivity index is 1.58. The molecule has 2 aromatic rings. The number of nitrogens with zero attached hydrogens (tertiary/aromatic N) is 1. The molecular formula is C22H25NO. The van der Waals surface area contributed by atoms with Gasteiger partial charge in [-0.25, -0.2) is 0 Å². The van der Waals surface area contributed by atoms with Crippen LogP contribution >= 0.6 is 0 Å². The van der Waals surface area contributed by atoms with E-state index in [4.69, 9.17) is 0 Å². The van der Waals surface area contributed by atoms with E-state index >= 15 is 0 Å². The minimum absolute atomic E-state index is 0.762. The fourth-order valence-corrected chi connectivity index (χ4v) is 4.30. The molecule has 0 saturated heterocycles. The lowest BCUT2D eigenvalue weighted by molar-refractivity contribution is -0.107. The van der Waals surface area contributed by atoms with Crippen LogP contribution in [0.15, 0.2) is 42.5 Å². The smallest absolute Gasteiger partial charge is 0.214 e. The number of benzene rings is 2. The molecule has 0 unspecified atom stereocenters. The van der Waals surface area contributed by atoms with Crippen LogP contribution in [0.2, 0.25) is 0 Å². The molecule has 1 fully saturated rings. The van der Waals surface area contributed by atoms with Crippen LogP contribution in [0.3, 0.4) is 0 Å². The maximum absolute atomic E-state index is 11.2. The van der Waals surface area contributed by atoms with Gasteiger partial charge in [0.2, 0.25) is 6.41 Å². The molecule has 0 radical (unpaired) electrons. The fourth-order valence-electron chi connectivity index (χ4n) is 4.30. The summed E-state index contributed by atoms with van der Waals surface area (Å²) < 4.78 is 0. The van der Waals surface area contributed by atoms with Crippen molar-refractivity contribution in [3.8, 4) is 11.1 Å². The molecule has 0 spiro atoms. The molecule has 24 heavy (non-hydrogen) atoms. The highest BCUT2D eigenvalue weighted by atomic mass is 16.1. The van der Waals surface area contributed by atoms with Crippen LogP contribution < -0.4 is 4.90 Å². The van der Waals surface area contributed by atoms with Crippen LogP contribution in [0.25, 0.3) is 11.1 Å². The first-order chi connectivity index (χ1) is 11.8. The molecular weight excluding hydrogens is 294 g/mol. The van der Waals surface area contributed by atoms with E-state index < -0.39 is 0 Å². The zero-order chi connectivity index (χ0) is 16.4. The highest BCUT2D eigenvalue weighted by molar-refractivity contribution is 5.80. The molecule has 2 aromatic carbocycles.